The van der Waals surface area contributed by atoms with Crippen molar-refractivity contribution < 1.29 is 18.3 Å². The number of pyridine rings is 4. The average molecular weight is 430 g/mol. The molecule has 0 amide bonds. The van der Waals surface area contributed by atoms with Gasteiger partial charge in [-0.05, 0) is 22.3 Å². The van der Waals surface area contributed by atoms with E-state index in [0.29, 0.717) is 6.54 Å². The Morgan fingerprint density at radius 3 is 1.16 bits per heavy atom. The van der Waals surface area contributed by atoms with E-state index in [1.54, 1.807) is 0 Å². The van der Waals surface area contributed by atoms with Crippen LogP contribution in [0.2, 0.25) is 0 Å². The monoisotopic (exact) mass is 429 g/mol. The third-order valence-electron chi connectivity index (χ3n) is 5.27. The van der Waals surface area contributed by atoms with Crippen LogP contribution in [0.4, 0.5) is 0 Å². The van der Waals surface area contributed by atoms with Crippen LogP contribution in [0, 0.1) is 0 Å². The van der Waals surface area contributed by atoms with Gasteiger partial charge >= 0.3 is 0 Å². The van der Waals surface area contributed by atoms with Crippen LogP contribution >= 0.6 is 0 Å². The van der Waals surface area contributed by atoms with Crippen molar-refractivity contribution in [1.29, 1.82) is 0 Å². The second kappa shape index (κ2) is 11.8. The molecule has 0 saturated heterocycles. The maximum Gasteiger partial charge on any atom is 0.169 e. The molecule has 32 heavy (non-hydrogen) atoms. The molecule has 164 valence electrons. The van der Waals surface area contributed by atoms with Gasteiger partial charge in [-0.15, -0.1) is 0 Å². The summed E-state index contributed by atoms with van der Waals surface area (Å²) in [6.45, 7) is 4.82. The minimum atomic E-state index is 0.672. The van der Waals surface area contributed by atoms with Gasteiger partial charge in [0.1, 0.15) is 20.6 Å². The predicted molar refractivity (Wildman–Crippen MR) is 126 cm³/mol. The van der Waals surface area contributed by atoms with E-state index in [1.165, 1.54) is 28.7 Å². The van der Waals surface area contributed by atoms with Crippen LogP contribution in [0.15, 0.2) is 98.1 Å². The van der Waals surface area contributed by atoms with Gasteiger partial charge < -0.3 is 5.73 Å². The first-order chi connectivity index (χ1) is 15.6. The SMILES string of the molecule is CCC[n+]1ccc(-c2cc[n+](C)cc2)cc1.C[n+]1ccc(-c2cc[n+](CCN)cc2)cc1. The van der Waals surface area contributed by atoms with Gasteiger partial charge in [0.2, 0.25) is 0 Å². The van der Waals surface area contributed by atoms with Crippen molar-refractivity contribution in [2.45, 2.75) is 26.4 Å². The highest BCUT2D eigenvalue weighted by Crippen LogP contribution is 2.16. The zero-order valence-electron chi connectivity index (χ0n) is 19.4. The molecule has 0 aliphatic heterocycles. The third kappa shape index (κ3) is 6.79. The van der Waals surface area contributed by atoms with E-state index in [-0.39, 0.29) is 0 Å². The van der Waals surface area contributed by atoms with E-state index in [0.717, 1.165) is 13.1 Å². The molecule has 4 aromatic rings. The fourth-order valence-corrected chi connectivity index (χ4v) is 3.39. The van der Waals surface area contributed by atoms with Gasteiger partial charge in [0.05, 0.1) is 6.54 Å². The number of nitrogens with zero attached hydrogens (tertiary/aromatic N) is 4. The Balaban J connectivity index is 0.000000181. The number of hydrogen-bond donors (Lipinski definition) is 1. The number of aromatic nitrogens is 4. The quantitative estimate of drug-likeness (QED) is 0.470. The molecule has 0 atom stereocenters. The summed E-state index contributed by atoms with van der Waals surface area (Å²) in [6.07, 6.45) is 17.8. The van der Waals surface area contributed by atoms with Crippen molar-refractivity contribution >= 4 is 0 Å². The lowest BCUT2D eigenvalue weighted by molar-refractivity contribution is -0.696. The molecule has 4 rings (SSSR count). The van der Waals surface area contributed by atoms with Gasteiger partial charge in [0.15, 0.2) is 56.1 Å². The number of rotatable bonds is 6. The maximum atomic E-state index is 5.50. The Morgan fingerprint density at radius 1 is 0.531 bits per heavy atom. The number of aryl methyl sites for hydroxylation is 3. The molecule has 0 aliphatic rings. The molecule has 0 unspecified atom stereocenters. The molecule has 0 aromatic carbocycles. The highest BCUT2D eigenvalue weighted by molar-refractivity contribution is 5.61. The lowest BCUT2D eigenvalue weighted by Crippen LogP contribution is -2.36. The minimum Gasteiger partial charge on any atom is -0.325 e. The Hall–Kier alpha value is -3.44. The van der Waals surface area contributed by atoms with Crippen molar-refractivity contribution in [2.75, 3.05) is 6.54 Å². The zero-order valence-corrected chi connectivity index (χ0v) is 19.4. The summed E-state index contributed by atoms with van der Waals surface area (Å²) < 4.78 is 8.38. The van der Waals surface area contributed by atoms with Gasteiger partial charge in [0.25, 0.3) is 0 Å². The lowest BCUT2D eigenvalue weighted by Gasteiger charge is -1.99. The summed E-state index contributed by atoms with van der Waals surface area (Å²) in [5.74, 6) is 0. The van der Waals surface area contributed by atoms with Crippen molar-refractivity contribution in [1.82, 2.24) is 0 Å². The largest absolute Gasteiger partial charge is 0.325 e. The summed E-state index contributed by atoms with van der Waals surface area (Å²) in [7, 11) is 4.05. The second-order valence-electron chi connectivity index (χ2n) is 7.94. The molecule has 2 N–H and O–H groups in total. The van der Waals surface area contributed by atoms with Crippen LogP contribution < -0.4 is 24.0 Å². The van der Waals surface area contributed by atoms with Crippen molar-refractivity contribution in [3.8, 4) is 22.3 Å². The van der Waals surface area contributed by atoms with E-state index < -0.39 is 0 Å². The minimum absolute atomic E-state index is 0.672. The van der Waals surface area contributed by atoms with Gasteiger partial charge in [-0.2, -0.15) is 0 Å². The van der Waals surface area contributed by atoms with Crippen molar-refractivity contribution in [2.24, 2.45) is 19.8 Å². The lowest BCUT2D eigenvalue weighted by atomic mass is 10.1. The van der Waals surface area contributed by atoms with E-state index in [1.807, 2.05) is 23.2 Å². The molecule has 0 aliphatic carbocycles. The Morgan fingerprint density at radius 2 is 0.844 bits per heavy atom. The standard InChI is InChI=1S/C14H18N2.C13H17N3/c1-3-8-16-11-6-14(7-12-16)13-4-9-15(2)10-5-13;1-15-7-2-12(3-8-15)13-4-9-16(10-5-13)11-6-14/h4-7,9-12H,3,8H2,1-2H3;2-5,7-10H,6,11,14H2,1H3/q2*+2. The molecule has 0 radical (unpaired) electrons. The Labute approximate surface area is 191 Å². The molecule has 5 nitrogen and oxygen atoms in total. The average Bonchev–Trinajstić information content (AvgIpc) is 2.82. The second-order valence-corrected chi connectivity index (χ2v) is 7.94. The number of nitrogens with two attached hydrogens (primary N) is 1. The summed E-state index contributed by atoms with van der Waals surface area (Å²) in [4.78, 5) is 0. The van der Waals surface area contributed by atoms with Crippen LogP contribution in [0.5, 0.6) is 0 Å². The highest BCUT2D eigenvalue weighted by Gasteiger charge is 2.04. The Bertz CT molecular complexity index is 980. The normalized spacial score (nSPS) is 10.4. The molecule has 4 heterocycles. The van der Waals surface area contributed by atoms with Crippen LogP contribution in [0.3, 0.4) is 0 Å². The third-order valence-corrected chi connectivity index (χ3v) is 5.27. The van der Waals surface area contributed by atoms with Gasteiger partial charge in [0, 0.05) is 55.0 Å². The predicted octanol–water partition coefficient (Wildman–Crippen LogP) is 2.30. The highest BCUT2D eigenvalue weighted by atomic mass is 14.9. The molecular formula is C27H35N5+4. The number of hydrogen-bond acceptors (Lipinski definition) is 1. The first-order valence-corrected chi connectivity index (χ1v) is 11.2. The van der Waals surface area contributed by atoms with Gasteiger partial charge in [-0.1, -0.05) is 6.92 Å². The van der Waals surface area contributed by atoms with Crippen molar-refractivity contribution in [3.05, 3.63) is 98.1 Å². The molecular weight excluding hydrogens is 394 g/mol. The van der Waals surface area contributed by atoms with Gasteiger partial charge in [-0.25, -0.2) is 18.3 Å². The fourth-order valence-electron chi connectivity index (χ4n) is 3.39. The van der Waals surface area contributed by atoms with E-state index >= 15 is 0 Å². The summed E-state index contributed by atoms with van der Waals surface area (Å²) in [5, 5.41) is 0. The molecule has 0 spiro atoms. The summed E-state index contributed by atoms with van der Waals surface area (Å²) in [6, 6.07) is 17.1. The molecule has 0 fully saturated rings. The van der Waals surface area contributed by atoms with Crippen LogP contribution in [-0.4, -0.2) is 6.54 Å². The van der Waals surface area contributed by atoms with Gasteiger partial charge in [-0.3, -0.25) is 0 Å². The molecule has 0 saturated carbocycles. The smallest absolute Gasteiger partial charge is 0.169 e. The van der Waals surface area contributed by atoms with Crippen molar-refractivity contribution in [3.63, 3.8) is 0 Å². The first-order valence-electron chi connectivity index (χ1n) is 11.2. The molecule has 4 aromatic heterocycles. The molecule has 0 bridgehead atoms. The maximum absolute atomic E-state index is 5.50. The molecule has 5 heteroatoms. The van der Waals surface area contributed by atoms with Crippen LogP contribution in [-0.2, 0) is 27.2 Å². The summed E-state index contributed by atoms with van der Waals surface area (Å²) >= 11 is 0. The van der Waals surface area contributed by atoms with Crippen LogP contribution in [0.25, 0.3) is 22.3 Å². The zero-order chi connectivity index (χ0) is 22.8. The topological polar surface area (TPSA) is 41.5 Å². The van der Waals surface area contributed by atoms with E-state index in [2.05, 4.69) is 114 Å². The first kappa shape index (κ1) is 23.2. The fraction of sp³-hybridized carbons (Fsp3) is 0.259. The van der Waals surface area contributed by atoms with E-state index in [9.17, 15) is 0 Å². The van der Waals surface area contributed by atoms with E-state index in [4.69, 9.17) is 5.73 Å². The van der Waals surface area contributed by atoms with Crippen LogP contribution in [0.1, 0.15) is 13.3 Å². The summed E-state index contributed by atoms with van der Waals surface area (Å²) in [5.41, 5.74) is 10.5. The Kier molecular flexibility index (Phi) is 8.58.